The first-order chi connectivity index (χ1) is 11.2. The van der Waals surface area contributed by atoms with Crippen LogP contribution in [0.3, 0.4) is 0 Å². The van der Waals surface area contributed by atoms with Gasteiger partial charge in [-0.15, -0.1) is 0 Å². The molecule has 2 N–H and O–H groups in total. The van der Waals surface area contributed by atoms with Gasteiger partial charge in [-0.3, -0.25) is 4.79 Å². The number of benzene rings is 2. The number of hydrogen-bond donors (Lipinski definition) is 2. The maximum atomic E-state index is 12.0. The summed E-state index contributed by atoms with van der Waals surface area (Å²) in [6.45, 7) is 3.21. The number of aromatic hydroxyl groups is 1. The molecule has 0 amide bonds. The lowest BCUT2D eigenvalue weighted by atomic mass is 10.1. The Balaban J connectivity index is 1.90. The maximum absolute atomic E-state index is 12.0. The fourth-order valence-corrected chi connectivity index (χ4v) is 2.86. The summed E-state index contributed by atoms with van der Waals surface area (Å²) in [4.78, 5) is 12.0. The lowest BCUT2D eigenvalue weighted by Crippen LogP contribution is -2.18. The van der Waals surface area contributed by atoms with Crippen molar-refractivity contribution in [3.8, 4) is 5.75 Å². The van der Waals surface area contributed by atoms with Gasteiger partial charge in [-0.1, -0.05) is 30.3 Å². The van der Waals surface area contributed by atoms with E-state index in [1.165, 1.54) is 5.56 Å². The summed E-state index contributed by atoms with van der Waals surface area (Å²) in [6.07, 6.45) is 0.913. The molecule has 0 spiro atoms. The number of hydrogen-bond acceptors (Lipinski definition) is 3. The number of aryl methyl sites for hydroxylation is 1. The van der Waals surface area contributed by atoms with E-state index in [1.54, 1.807) is 22.8 Å². The molecule has 4 nitrogen and oxygen atoms in total. The molecule has 0 atom stereocenters. The lowest BCUT2D eigenvalue weighted by molar-refractivity contribution is 0.477. The van der Waals surface area contributed by atoms with E-state index in [0.717, 1.165) is 24.0 Å². The zero-order chi connectivity index (χ0) is 16.2. The summed E-state index contributed by atoms with van der Waals surface area (Å²) in [5.74, 6) is 0.133. The molecule has 3 rings (SSSR count). The fraction of sp³-hybridized carbons (Fsp3) is 0.211. The van der Waals surface area contributed by atoms with Crippen molar-refractivity contribution in [3.63, 3.8) is 0 Å². The largest absolute Gasteiger partial charge is 0.506 e. The van der Waals surface area contributed by atoms with Gasteiger partial charge >= 0.3 is 0 Å². The molecule has 0 aliphatic heterocycles. The summed E-state index contributed by atoms with van der Waals surface area (Å²) in [7, 11) is 0. The van der Waals surface area contributed by atoms with E-state index in [2.05, 4.69) is 17.4 Å². The first-order valence-electron chi connectivity index (χ1n) is 7.84. The third-order valence-electron chi connectivity index (χ3n) is 4.01. The minimum Gasteiger partial charge on any atom is -0.506 e. The van der Waals surface area contributed by atoms with Gasteiger partial charge in [0.25, 0.3) is 5.56 Å². The molecule has 2 aromatic carbocycles. The Morgan fingerprint density at radius 1 is 1.04 bits per heavy atom. The number of phenolic OH excluding ortho intramolecular Hbond substituents is 1. The van der Waals surface area contributed by atoms with Crippen molar-refractivity contribution in [1.82, 2.24) is 4.57 Å². The van der Waals surface area contributed by atoms with Gasteiger partial charge < -0.3 is 15.0 Å². The van der Waals surface area contributed by atoms with Crippen LogP contribution >= 0.6 is 0 Å². The average molecular weight is 308 g/mol. The topological polar surface area (TPSA) is 54.3 Å². The third kappa shape index (κ3) is 3.06. The molecular weight excluding hydrogens is 288 g/mol. The van der Waals surface area contributed by atoms with Gasteiger partial charge in [-0.25, -0.2) is 0 Å². The number of fused-ring (bicyclic) bond motifs is 1. The van der Waals surface area contributed by atoms with Crippen LogP contribution in [-0.2, 0) is 13.0 Å². The zero-order valence-corrected chi connectivity index (χ0v) is 13.1. The number of nitrogens with zero attached hydrogens (tertiary/aromatic N) is 1. The second-order valence-corrected chi connectivity index (χ2v) is 5.47. The van der Waals surface area contributed by atoms with E-state index in [9.17, 15) is 9.90 Å². The number of nitrogens with one attached hydrogen (secondary N) is 1. The molecule has 0 aliphatic rings. The van der Waals surface area contributed by atoms with Crippen LogP contribution in [0.1, 0.15) is 12.5 Å². The molecule has 0 fully saturated rings. The predicted molar refractivity (Wildman–Crippen MR) is 94.2 cm³/mol. The standard InChI is InChI=1S/C19H20N2O2/c1-2-21-18(23)11-8-15-16(9-10-17(22)19(15)21)20-13-12-14-6-4-3-5-7-14/h3-11,20,22H,2,12-13H2,1H3. The SMILES string of the molecule is CCn1c(=O)ccc2c(NCCc3ccccc3)ccc(O)c21. The van der Waals surface area contributed by atoms with Crippen LogP contribution in [-0.4, -0.2) is 16.2 Å². The molecule has 3 aromatic rings. The Hall–Kier alpha value is -2.75. The number of phenols is 1. The molecular formula is C19H20N2O2. The van der Waals surface area contributed by atoms with Crippen LogP contribution in [0.2, 0.25) is 0 Å². The molecule has 1 heterocycles. The number of pyridine rings is 1. The van der Waals surface area contributed by atoms with Crippen molar-refractivity contribution in [2.24, 2.45) is 0 Å². The van der Waals surface area contributed by atoms with Crippen LogP contribution in [0.5, 0.6) is 5.75 Å². The Kier molecular flexibility index (Phi) is 4.33. The Morgan fingerprint density at radius 2 is 1.83 bits per heavy atom. The van der Waals surface area contributed by atoms with Gasteiger partial charge in [0.05, 0.1) is 5.52 Å². The van der Waals surface area contributed by atoms with Crippen LogP contribution < -0.4 is 10.9 Å². The highest BCUT2D eigenvalue weighted by Crippen LogP contribution is 2.29. The molecule has 23 heavy (non-hydrogen) atoms. The summed E-state index contributed by atoms with van der Waals surface area (Å²) >= 11 is 0. The minimum absolute atomic E-state index is 0.100. The van der Waals surface area contributed by atoms with Crippen LogP contribution in [0.25, 0.3) is 10.9 Å². The third-order valence-corrected chi connectivity index (χ3v) is 4.01. The quantitative estimate of drug-likeness (QED) is 0.710. The average Bonchev–Trinajstić information content (AvgIpc) is 2.58. The van der Waals surface area contributed by atoms with Crippen LogP contribution in [0.4, 0.5) is 5.69 Å². The lowest BCUT2D eigenvalue weighted by Gasteiger charge is -2.14. The molecule has 0 bridgehead atoms. The molecule has 118 valence electrons. The van der Waals surface area contributed by atoms with Gasteiger partial charge in [0.2, 0.25) is 0 Å². The van der Waals surface area contributed by atoms with Gasteiger partial charge in [0.1, 0.15) is 5.75 Å². The Labute approximate surface area is 135 Å². The Morgan fingerprint density at radius 3 is 2.57 bits per heavy atom. The number of anilines is 1. The fourth-order valence-electron chi connectivity index (χ4n) is 2.86. The van der Waals surface area contributed by atoms with E-state index >= 15 is 0 Å². The van der Waals surface area contributed by atoms with Crippen molar-refractivity contribution >= 4 is 16.6 Å². The molecule has 0 aliphatic carbocycles. The Bertz CT molecular complexity index is 870. The van der Waals surface area contributed by atoms with E-state index in [1.807, 2.05) is 31.2 Å². The molecule has 0 saturated carbocycles. The molecule has 0 saturated heterocycles. The van der Waals surface area contributed by atoms with E-state index in [0.29, 0.717) is 12.1 Å². The van der Waals surface area contributed by atoms with Crippen LogP contribution in [0, 0.1) is 0 Å². The van der Waals surface area contributed by atoms with Gasteiger partial charge in [0.15, 0.2) is 0 Å². The molecule has 4 heteroatoms. The smallest absolute Gasteiger partial charge is 0.251 e. The molecule has 0 unspecified atom stereocenters. The summed E-state index contributed by atoms with van der Waals surface area (Å²) in [5, 5.41) is 14.4. The summed E-state index contributed by atoms with van der Waals surface area (Å²) in [6, 6.07) is 17.1. The molecule has 1 aromatic heterocycles. The number of rotatable bonds is 5. The normalized spacial score (nSPS) is 10.8. The van der Waals surface area contributed by atoms with Gasteiger partial charge in [-0.2, -0.15) is 0 Å². The second-order valence-electron chi connectivity index (χ2n) is 5.47. The number of aromatic nitrogens is 1. The summed E-state index contributed by atoms with van der Waals surface area (Å²) in [5.41, 5.74) is 2.69. The van der Waals surface area contributed by atoms with Gasteiger partial charge in [0, 0.05) is 30.2 Å². The van der Waals surface area contributed by atoms with Gasteiger partial charge in [-0.05, 0) is 37.1 Å². The van der Waals surface area contributed by atoms with E-state index < -0.39 is 0 Å². The maximum Gasteiger partial charge on any atom is 0.251 e. The van der Waals surface area contributed by atoms with Crippen molar-refractivity contribution < 1.29 is 5.11 Å². The van der Waals surface area contributed by atoms with Crippen molar-refractivity contribution in [1.29, 1.82) is 0 Å². The first-order valence-corrected chi connectivity index (χ1v) is 7.84. The van der Waals surface area contributed by atoms with Crippen molar-refractivity contribution in [2.45, 2.75) is 19.9 Å². The first kappa shape index (κ1) is 15.2. The highest BCUT2D eigenvalue weighted by Gasteiger charge is 2.10. The monoisotopic (exact) mass is 308 g/mol. The minimum atomic E-state index is -0.100. The highest BCUT2D eigenvalue weighted by atomic mass is 16.3. The predicted octanol–water partition coefficient (Wildman–Crippen LogP) is 3.38. The van der Waals surface area contributed by atoms with Crippen molar-refractivity contribution in [2.75, 3.05) is 11.9 Å². The highest BCUT2D eigenvalue weighted by molar-refractivity contribution is 5.95. The van der Waals surface area contributed by atoms with Crippen molar-refractivity contribution in [3.05, 3.63) is 70.5 Å². The van der Waals surface area contributed by atoms with E-state index in [4.69, 9.17) is 0 Å². The second kappa shape index (κ2) is 6.57. The summed E-state index contributed by atoms with van der Waals surface area (Å²) < 4.78 is 1.59. The molecule has 0 radical (unpaired) electrons. The zero-order valence-electron chi connectivity index (χ0n) is 13.1. The van der Waals surface area contributed by atoms with E-state index in [-0.39, 0.29) is 11.3 Å². The van der Waals surface area contributed by atoms with Crippen LogP contribution in [0.15, 0.2) is 59.4 Å².